The number of nitro groups is 1. The fourth-order valence-electron chi connectivity index (χ4n) is 2.08. The number of hydrogen-bond donors (Lipinski definition) is 0. The first-order valence-electron chi connectivity index (χ1n) is 7.21. The molecule has 0 N–H and O–H groups in total. The Morgan fingerprint density at radius 2 is 1.75 bits per heavy atom. The van der Waals surface area contributed by atoms with E-state index in [1.165, 1.54) is 26.2 Å². The minimum Gasteiger partial charge on any atom is -0.496 e. The van der Waals surface area contributed by atoms with Gasteiger partial charge in [0.1, 0.15) is 24.7 Å². The summed E-state index contributed by atoms with van der Waals surface area (Å²) in [5.74, 6) is 0.861. The van der Waals surface area contributed by atoms with Crippen molar-refractivity contribution in [1.82, 2.24) is 0 Å². The van der Waals surface area contributed by atoms with Crippen LogP contribution in [0, 0.1) is 10.1 Å². The lowest BCUT2D eigenvalue weighted by Crippen LogP contribution is -2.11. The number of para-hydroxylation sites is 1. The lowest BCUT2D eigenvalue weighted by atomic mass is 10.1. The average molecular weight is 331 g/mol. The molecule has 7 nitrogen and oxygen atoms in total. The summed E-state index contributed by atoms with van der Waals surface area (Å²) in [6.45, 7) is 1.70. The number of carbonyl (C=O) groups excluding carboxylic acids is 1. The van der Waals surface area contributed by atoms with E-state index in [4.69, 9.17) is 14.2 Å². The van der Waals surface area contributed by atoms with E-state index in [0.717, 1.165) is 0 Å². The molecule has 0 radical (unpaired) electrons. The fourth-order valence-corrected chi connectivity index (χ4v) is 2.08. The highest BCUT2D eigenvalue weighted by molar-refractivity contribution is 5.96. The molecular formula is C17H17NO6. The molecule has 0 aromatic heterocycles. The van der Waals surface area contributed by atoms with Gasteiger partial charge in [-0.05, 0) is 31.2 Å². The first kappa shape index (κ1) is 17.3. The number of Topliss-reactive ketones (excluding diaryl/α,β-unsaturated/α-hetero) is 1. The number of methoxy groups -OCH3 is 1. The maximum absolute atomic E-state index is 11.5. The molecule has 126 valence electrons. The summed E-state index contributed by atoms with van der Waals surface area (Å²) < 4.78 is 15.9. The number of ether oxygens (including phenoxy) is 3. The maximum Gasteiger partial charge on any atom is 0.314 e. The highest BCUT2D eigenvalue weighted by Gasteiger charge is 2.16. The molecule has 0 unspecified atom stereocenters. The lowest BCUT2D eigenvalue weighted by molar-refractivity contribution is -0.385. The van der Waals surface area contributed by atoms with E-state index in [-0.39, 0.29) is 30.4 Å². The van der Waals surface area contributed by atoms with E-state index in [1.54, 1.807) is 30.3 Å². The van der Waals surface area contributed by atoms with Crippen molar-refractivity contribution >= 4 is 11.5 Å². The van der Waals surface area contributed by atoms with E-state index in [2.05, 4.69) is 0 Å². The van der Waals surface area contributed by atoms with Gasteiger partial charge in [-0.15, -0.1) is 0 Å². The predicted molar refractivity (Wildman–Crippen MR) is 87.1 cm³/mol. The van der Waals surface area contributed by atoms with Crippen LogP contribution >= 0.6 is 0 Å². The second kappa shape index (κ2) is 7.96. The number of hydrogen-bond acceptors (Lipinski definition) is 6. The molecule has 0 saturated carbocycles. The van der Waals surface area contributed by atoms with Gasteiger partial charge in [-0.1, -0.05) is 12.1 Å². The highest BCUT2D eigenvalue weighted by Crippen LogP contribution is 2.31. The molecule has 0 atom stereocenters. The molecule has 2 aromatic carbocycles. The summed E-state index contributed by atoms with van der Waals surface area (Å²) >= 11 is 0. The van der Waals surface area contributed by atoms with Crippen LogP contribution < -0.4 is 14.2 Å². The molecule has 0 amide bonds. The highest BCUT2D eigenvalue weighted by atomic mass is 16.6. The van der Waals surface area contributed by atoms with Crippen LogP contribution in [0.2, 0.25) is 0 Å². The monoisotopic (exact) mass is 331 g/mol. The number of nitrogens with zero attached hydrogens (tertiary/aromatic N) is 1. The molecule has 0 fully saturated rings. The third-order valence-electron chi connectivity index (χ3n) is 3.23. The third kappa shape index (κ3) is 4.22. The molecule has 0 aliphatic carbocycles. The number of nitro benzene ring substituents is 1. The molecule has 0 aliphatic heterocycles. The lowest BCUT2D eigenvalue weighted by Gasteiger charge is -2.11. The van der Waals surface area contributed by atoms with Gasteiger partial charge in [-0.2, -0.15) is 0 Å². The van der Waals surface area contributed by atoms with Crippen LogP contribution in [0.15, 0.2) is 42.5 Å². The van der Waals surface area contributed by atoms with Gasteiger partial charge in [0.25, 0.3) is 0 Å². The van der Waals surface area contributed by atoms with Crippen LogP contribution in [-0.2, 0) is 0 Å². The van der Waals surface area contributed by atoms with Crippen LogP contribution in [0.4, 0.5) is 5.69 Å². The van der Waals surface area contributed by atoms with E-state index < -0.39 is 4.92 Å². The second-order valence-corrected chi connectivity index (χ2v) is 4.84. The normalized spacial score (nSPS) is 10.1. The van der Waals surface area contributed by atoms with Gasteiger partial charge >= 0.3 is 5.69 Å². The van der Waals surface area contributed by atoms with E-state index in [9.17, 15) is 14.9 Å². The van der Waals surface area contributed by atoms with Gasteiger partial charge in [0, 0.05) is 0 Å². The Morgan fingerprint density at radius 3 is 2.38 bits per heavy atom. The van der Waals surface area contributed by atoms with Crippen molar-refractivity contribution in [2.45, 2.75) is 6.92 Å². The molecular weight excluding hydrogens is 314 g/mol. The van der Waals surface area contributed by atoms with Crippen LogP contribution in [-0.4, -0.2) is 31.0 Å². The Hall–Kier alpha value is -3.09. The zero-order chi connectivity index (χ0) is 17.5. The van der Waals surface area contributed by atoms with Crippen LogP contribution in [0.3, 0.4) is 0 Å². The Morgan fingerprint density at radius 1 is 1.08 bits per heavy atom. The second-order valence-electron chi connectivity index (χ2n) is 4.84. The maximum atomic E-state index is 11.5. The summed E-state index contributed by atoms with van der Waals surface area (Å²) in [6.07, 6.45) is 0. The number of rotatable bonds is 8. The topological polar surface area (TPSA) is 87.9 Å². The minimum absolute atomic E-state index is 0.0966. The minimum atomic E-state index is -0.538. The van der Waals surface area contributed by atoms with Gasteiger partial charge in [0.15, 0.2) is 11.5 Å². The number of carbonyl (C=O) groups is 1. The SMILES string of the molecule is COc1ccc(OCCOc2ccccc2C(C)=O)c([N+](=O)[O-])c1. The number of benzene rings is 2. The molecule has 2 rings (SSSR count). The van der Waals surface area contributed by atoms with E-state index in [0.29, 0.717) is 17.1 Å². The molecule has 2 aromatic rings. The molecule has 0 heterocycles. The van der Waals surface area contributed by atoms with Crippen LogP contribution in [0.5, 0.6) is 17.2 Å². The molecule has 0 aliphatic rings. The zero-order valence-corrected chi connectivity index (χ0v) is 13.4. The molecule has 0 bridgehead atoms. The van der Waals surface area contributed by atoms with Crippen molar-refractivity contribution in [2.24, 2.45) is 0 Å². The van der Waals surface area contributed by atoms with Crippen molar-refractivity contribution in [2.75, 3.05) is 20.3 Å². The van der Waals surface area contributed by atoms with Crippen LogP contribution in [0.1, 0.15) is 17.3 Å². The first-order valence-corrected chi connectivity index (χ1v) is 7.21. The van der Waals surface area contributed by atoms with Crippen LogP contribution in [0.25, 0.3) is 0 Å². The van der Waals surface area contributed by atoms with E-state index >= 15 is 0 Å². The Balaban J connectivity index is 1.98. The van der Waals surface area contributed by atoms with Gasteiger partial charge in [-0.3, -0.25) is 14.9 Å². The third-order valence-corrected chi connectivity index (χ3v) is 3.23. The molecule has 0 saturated heterocycles. The standard InChI is InChI=1S/C17H17NO6/c1-12(19)14-5-3-4-6-16(14)23-9-10-24-17-8-7-13(22-2)11-15(17)18(20)21/h3-8,11H,9-10H2,1-2H3. The Labute approximate surface area is 138 Å². The first-order chi connectivity index (χ1) is 11.5. The van der Waals surface area contributed by atoms with Gasteiger partial charge in [-0.25, -0.2) is 0 Å². The smallest absolute Gasteiger partial charge is 0.314 e. The number of ketones is 1. The molecule has 0 spiro atoms. The summed E-state index contributed by atoms with van der Waals surface area (Å²) in [4.78, 5) is 22.0. The summed E-state index contributed by atoms with van der Waals surface area (Å²) in [5, 5.41) is 11.1. The van der Waals surface area contributed by atoms with Gasteiger partial charge < -0.3 is 14.2 Å². The Kier molecular flexibility index (Phi) is 5.73. The molecule has 24 heavy (non-hydrogen) atoms. The summed E-state index contributed by atoms with van der Waals surface area (Å²) in [6, 6.07) is 11.2. The van der Waals surface area contributed by atoms with Crippen molar-refractivity contribution in [1.29, 1.82) is 0 Å². The van der Waals surface area contributed by atoms with Gasteiger partial charge in [0.05, 0.1) is 23.7 Å². The summed E-state index contributed by atoms with van der Waals surface area (Å²) in [7, 11) is 1.43. The van der Waals surface area contributed by atoms with Crippen molar-refractivity contribution in [3.05, 3.63) is 58.1 Å². The predicted octanol–water partition coefficient (Wildman–Crippen LogP) is 3.26. The van der Waals surface area contributed by atoms with Crippen molar-refractivity contribution in [3.63, 3.8) is 0 Å². The zero-order valence-electron chi connectivity index (χ0n) is 13.4. The van der Waals surface area contributed by atoms with E-state index in [1.807, 2.05) is 0 Å². The largest absolute Gasteiger partial charge is 0.496 e. The fraction of sp³-hybridized carbons (Fsp3) is 0.235. The van der Waals surface area contributed by atoms with Crippen molar-refractivity contribution in [3.8, 4) is 17.2 Å². The quantitative estimate of drug-likeness (QED) is 0.319. The Bertz CT molecular complexity index is 744. The average Bonchev–Trinajstić information content (AvgIpc) is 2.58. The van der Waals surface area contributed by atoms with Gasteiger partial charge in [0.2, 0.25) is 0 Å². The molecule has 7 heteroatoms. The summed E-state index contributed by atoms with van der Waals surface area (Å²) in [5.41, 5.74) is 0.298. The van der Waals surface area contributed by atoms with Crippen molar-refractivity contribution < 1.29 is 23.9 Å².